The van der Waals surface area contributed by atoms with E-state index >= 15 is 0 Å². The molecule has 88 valence electrons. The molecule has 0 spiro atoms. The molecule has 0 aromatic heterocycles. The summed E-state index contributed by atoms with van der Waals surface area (Å²) in [4.78, 5) is 12.6. The molecule has 0 heterocycles. The van der Waals surface area contributed by atoms with Gasteiger partial charge in [-0.05, 0) is 37.8 Å². The Morgan fingerprint density at radius 3 is 2.38 bits per heavy atom. The summed E-state index contributed by atoms with van der Waals surface area (Å²) in [6, 6.07) is 7.96. The fourth-order valence-corrected chi connectivity index (χ4v) is 1.55. The molecule has 0 aliphatic heterocycles. The van der Waals surface area contributed by atoms with Crippen molar-refractivity contribution in [3.63, 3.8) is 0 Å². The minimum absolute atomic E-state index is 0.360. The van der Waals surface area contributed by atoms with E-state index in [1.54, 1.807) is 11.8 Å². The molecule has 0 unspecified atom stereocenters. The number of benzene rings is 1. The number of carbonyl (C=O) groups is 1. The lowest BCUT2D eigenvalue weighted by Crippen LogP contribution is -2.41. The first-order valence-electron chi connectivity index (χ1n) is 5.07. The van der Waals surface area contributed by atoms with Gasteiger partial charge >= 0.3 is 0 Å². The summed E-state index contributed by atoms with van der Waals surface area (Å²) < 4.78 is 0. The van der Waals surface area contributed by atoms with Crippen molar-refractivity contribution < 1.29 is 9.90 Å². The summed E-state index contributed by atoms with van der Waals surface area (Å²) in [6.45, 7) is 3.38. The Kier molecular flexibility index (Phi) is 4.38. The van der Waals surface area contributed by atoms with E-state index in [4.69, 9.17) is 0 Å². The summed E-state index contributed by atoms with van der Waals surface area (Å²) in [6.07, 6.45) is 2.02. The number of thioether (sulfide) groups is 1. The van der Waals surface area contributed by atoms with Gasteiger partial charge in [-0.1, -0.05) is 12.1 Å². The fourth-order valence-electron chi connectivity index (χ4n) is 1.14. The van der Waals surface area contributed by atoms with Crippen LogP contribution in [0.1, 0.15) is 19.4 Å². The van der Waals surface area contributed by atoms with Crippen LogP contribution in [-0.2, 0) is 11.3 Å². The molecule has 0 saturated carbocycles. The quantitative estimate of drug-likeness (QED) is 0.788. The predicted octanol–water partition coefficient (Wildman–Crippen LogP) is 1.80. The SMILES string of the molecule is CSc1ccc(CNC(=O)C(C)(C)O)cc1. The van der Waals surface area contributed by atoms with Gasteiger partial charge in [-0.2, -0.15) is 0 Å². The van der Waals surface area contributed by atoms with Crippen LogP contribution in [0.25, 0.3) is 0 Å². The van der Waals surface area contributed by atoms with E-state index in [-0.39, 0.29) is 5.91 Å². The van der Waals surface area contributed by atoms with Crippen molar-refractivity contribution in [2.45, 2.75) is 30.9 Å². The second kappa shape index (κ2) is 5.37. The zero-order valence-corrected chi connectivity index (χ0v) is 10.6. The Morgan fingerprint density at radius 2 is 1.94 bits per heavy atom. The highest BCUT2D eigenvalue weighted by molar-refractivity contribution is 7.98. The molecule has 0 radical (unpaired) electrons. The van der Waals surface area contributed by atoms with Crippen molar-refractivity contribution in [1.29, 1.82) is 0 Å². The van der Waals surface area contributed by atoms with Crippen molar-refractivity contribution in [3.05, 3.63) is 29.8 Å². The van der Waals surface area contributed by atoms with Crippen molar-refractivity contribution >= 4 is 17.7 Å². The summed E-state index contributed by atoms with van der Waals surface area (Å²) >= 11 is 1.68. The van der Waals surface area contributed by atoms with E-state index in [9.17, 15) is 9.90 Å². The Morgan fingerprint density at radius 1 is 1.38 bits per heavy atom. The van der Waals surface area contributed by atoms with Gasteiger partial charge < -0.3 is 10.4 Å². The number of rotatable bonds is 4. The van der Waals surface area contributed by atoms with E-state index in [0.29, 0.717) is 6.54 Å². The topological polar surface area (TPSA) is 49.3 Å². The Bertz CT molecular complexity index is 354. The van der Waals surface area contributed by atoms with Gasteiger partial charge in [-0.15, -0.1) is 11.8 Å². The molecule has 1 aromatic rings. The number of nitrogens with one attached hydrogen (secondary N) is 1. The van der Waals surface area contributed by atoms with Crippen LogP contribution in [0.15, 0.2) is 29.2 Å². The summed E-state index contributed by atoms with van der Waals surface area (Å²) in [5, 5.41) is 12.1. The van der Waals surface area contributed by atoms with Gasteiger partial charge in [0.15, 0.2) is 0 Å². The highest BCUT2D eigenvalue weighted by Gasteiger charge is 2.22. The maximum absolute atomic E-state index is 11.4. The summed E-state index contributed by atoms with van der Waals surface area (Å²) in [5.74, 6) is -0.360. The summed E-state index contributed by atoms with van der Waals surface area (Å²) in [7, 11) is 0. The van der Waals surface area contributed by atoms with Gasteiger partial charge in [0.2, 0.25) is 0 Å². The number of carbonyl (C=O) groups excluding carboxylic acids is 1. The minimum atomic E-state index is -1.32. The molecule has 2 N–H and O–H groups in total. The summed E-state index contributed by atoms with van der Waals surface area (Å²) in [5.41, 5.74) is -0.297. The lowest BCUT2D eigenvalue weighted by atomic mass is 10.1. The number of hydrogen-bond donors (Lipinski definition) is 2. The molecular weight excluding hydrogens is 222 g/mol. The third-order valence-electron chi connectivity index (χ3n) is 2.17. The van der Waals surface area contributed by atoms with Crippen LogP contribution in [0.2, 0.25) is 0 Å². The third-order valence-corrected chi connectivity index (χ3v) is 2.91. The first-order chi connectivity index (χ1) is 7.43. The van der Waals surface area contributed by atoms with Crippen molar-refractivity contribution in [1.82, 2.24) is 5.32 Å². The van der Waals surface area contributed by atoms with Crippen molar-refractivity contribution in [2.24, 2.45) is 0 Å². The van der Waals surface area contributed by atoms with Gasteiger partial charge in [0.25, 0.3) is 5.91 Å². The molecule has 4 heteroatoms. The van der Waals surface area contributed by atoms with Crippen LogP contribution in [0.5, 0.6) is 0 Å². The minimum Gasteiger partial charge on any atom is -0.381 e. The first kappa shape index (κ1) is 13.1. The van der Waals surface area contributed by atoms with Crippen LogP contribution in [-0.4, -0.2) is 22.9 Å². The second-order valence-electron chi connectivity index (χ2n) is 4.09. The van der Waals surface area contributed by atoms with Gasteiger partial charge in [0.05, 0.1) is 0 Å². The lowest BCUT2D eigenvalue weighted by Gasteiger charge is -2.16. The second-order valence-corrected chi connectivity index (χ2v) is 4.97. The van der Waals surface area contributed by atoms with E-state index in [1.807, 2.05) is 30.5 Å². The predicted molar refractivity (Wildman–Crippen MR) is 66.4 cm³/mol. The molecule has 0 atom stereocenters. The van der Waals surface area contributed by atoms with Crippen LogP contribution in [0.4, 0.5) is 0 Å². The fraction of sp³-hybridized carbons (Fsp3) is 0.417. The molecule has 1 aromatic carbocycles. The highest BCUT2D eigenvalue weighted by atomic mass is 32.2. The maximum Gasteiger partial charge on any atom is 0.251 e. The van der Waals surface area contributed by atoms with Crippen LogP contribution < -0.4 is 5.32 Å². The molecule has 0 fully saturated rings. The Hall–Kier alpha value is -1.00. The molecule has 0 bridgehead atoms. The molecule has 0 saturated heterocycles. The zero-order valence-electron chi connectivity index (χ0n) is 9.78. The van der Waals surface area contributed by atoms with E-state index in [0.717, 1.165) is 5.56 Å². The van der Waals surface area contributed by atoms with Gasteiger partial charge in [-0.3, -0.25) is 4.79 Å². The van der Waals surface area contributed by atoms with E-state index in [2.05, 4.69) is 5.32 Å². The smallest absolute Gasteiger partial charge is 0.251 e. The molecule has 0 aliphatic rings. The molecule has 1 rings (SSSR count). The van der Waals surface area contributed by atoms with Crippen LogP contribution in [0.3, 0.4) is 0 Å². The maximum atomic E-state index is 11.4. The number of amides is 1. The Balaban J connectivity index is 2.52. The van der Waals surface area contributed by atoms with Crippen LogP contribution >= 0.6 is 11.8 Å². The zero-order chi connectivity index (χ0) is 12.2. The van der Waals surface area contributed by atoms with Crippen molar-refractivity contribution in [3.8, 4) is 0 Å². The normalized spacial score (nSPS) is 11.2. The van der Waals surface area contributed by atoms with Crippen LogP contribution in [0, 0.1) is 0 Å². The average molecular weight is 239 g/mol. The van der Waals surface area contributed by atoms with E-state index in [1.165, 1.54) is 18.7 Å². The average Bonchev–Trinajstić information content (AvgIpc) is 2.25. The third kappa shape index (κ3) is 3.87. The monoisotopic (exact) mass is 239 g/mol. The Labute approximate surface area is 100 Å². The number of hydrogen-bond acceptors (Lipinski definition) is 3. The lowest BCUT2D eigenvalue weighted by molar-refractivity contribution is -0.136. The molecule has 16 heavy (non-hydrogen) atoms. The number of aliphatic hydroxyl groups is 1. The largest absolute Gasteiger partial charge is 0.381 e. The molecule has 0 aliphatic carbocycles. The standard InChI is InChI=1S/C12H17NO2S/c1-12(2,15)11(14)13-8-9-4-6-10(16-3)7-5-9/h4-7,15H,8H2,1-3H3,(H,13,14). The molecule has 3 nitrogen and oxygen atoms in total. The van der Waals surface area contributed by atoms with Crippen molar-refractivity contribution in [2.75, 3.05) is 6.26 Å². The van der Waals surface area contributed by atoms with Gasteiger partial charge in [0.1, 0.15) is 5.60 Å². The van der Waals surface area contributed by atoms with Gasteiger partial charge in [-0.25, -0.2) is 0 Å². The first-order valence-corrected chi connectivity index (χ1v) is 6.29. The van der Waals surface area contributed by atoms with Gasteiger partial charge in [0, 0.05) is 11.4 Å². The molecule has 1 amide bonds. The van der Waals surface area contributed by atoms with E-state index < -0.39 is 5.60 Å². The molecular formula is C12H17NO2S. The highest BCUT2D eigenvalue weighted by Crippen LogP contribution is 2.14.